The molecule has 0 saturated carbocycles. The summed E-state index contributed by atoms with van der Waals surface area (Å²) >= 11 is 0. The summed E-state index contributed by atoms with van der Waals surface area (Å²) in [5.41, 5.74) is 5.15. The molecule has 8 nitrogen and oxygen atoms in total. The van der Waals surface area contributed by atoms with Crippen molar-refractivity contribution >= 4 is 11.5 Å². The second kappa shape index (κ2) is 7.86. The topological polar surface area (TPSA) is 104 Å². The van der Waals surface area contributed by atoms with Gasteiger partial charge in [-0.05, 0) is 43.2 Å². The van der Waals surface area contributed by atoms with E-state index in [0.717, 1.165) is 11.3 Å². The highest BCUT2D eigenvalue weighted by Crippen LogP contribution is 2.35. The minimum atomic E-state index is -0.492. The van der Waals surface area contributed by atoms with Crippen molar-refractivity contribution in [1.82, 2.24) is 10.5 Å². The highest BCUT2D eigenvalue weighted by atomic mass is 16.7. The molecule has 150 valence electrons. The Morgan fingerprint density at radius 2 is 2.00 bits per heavy atom. The van der Waals surface area contributed by atoms with Gasteiger partial charge in [-0.25, -0.2) is 4.98 Å². The van der Waals surface area contributed by atoms with E-state index in [1.54, 1.807) is 24.3 Å². The van der Waals surface area contributed by atoms with Gasteiger partial charge in [-0.2, -0.15) is 5.26 Å². The number of piperidine rings is 1. The molecule has 0 radical (unpaired) electrons. The fraction of sp³-hybridized carbons (Fsp3) is 0.273. The summed E-state index contributed by atoms with van der Waals surface area (Å²) < 4.78 is 0. The van der Waals surface area contributed by atoms with Crippen molar-refractivity contribution in [2.24, 2.45) is 0 Å². The molecule has 1 spiro atoms. The third-order valence-electron chi connectivity index (χ3n) is 5.20. The normalized spacial score (nSPS) is 16.8. The third-order valence-corrected chi connectivity index (χ3v) is 5.20. The standard InChI is InChI=1S/C22H19N5O3/c1-16-5-8-20(27(28)29)21(24-16)26-11-9-22(10-12-26)14-19(25-30-22)7-6-17-3-2-4-18(13-17)15-23/h2-5,8,13-14,25H,9-12H2,1H3. The Kier molecular flexibility index (Phi) is 5.09. The zero-order valence-corrected chi connectivity index (χ0v) is 16.4. The highest BCUT2D eigenvalue weighted by Gasteiger charge is 2.39. The molecule has 4 rings (SSSR count). The summed E-state index contributed by atoms with van der Waals surface area (Å²) in [6.07, 6.45) is 3.29. The van der Waals surface area contributed by atoms with Gasteiger partial charge in [-0.1, -0.05) is 12.0 Å². The maximum atomic E-state index is 11.4. The zero-order valence-electron chi connectivity index (χ0n) is 16.4. The number of nitro groups is 1. The predicted octanol–water partition coefficient (Wildman–Crippen LogP) is 2.98. The lowest BCUT2D eigenvalue weighted by Crippen LogP contribution is -2.45. The molecule has 1 aromatic carbocycles. The molecular weight excluding hydrogens is 382 g/mol. The van der Waals surface area contributed by atoms with Crippen molar-refractivity contribution in [2.75, 3.05) is 18.0 Å². The number of hydrogen-bond acceptors (Lipinski definition) is 7. The molecule has 0 aliphatic carbocycles. The molecule has 1 saturated heterocycles. The first kappa shape index (κ1) is 19.4. The van der Waals surface area contributed by atoms with Gasteiger partial charge in [0.25, 0.3) is 0 Å². The van der Waals surface area contributed by atoms with Crippen LogP contribution in [0.25, 0.3) is 0 Å². The number of aryl methyl sites for hydroxylation is 1. The molecule has 0 amide bonds. The summed E-state index contributed by atoms with van der Waals surface area (Å²) in [6, 6.07) is 12.4. The number of nitrogens with zero attached hydrogens (tertiary/aromatic N) is 4. The first-order valence-electron chi connectivity index (χ1n) is 9.54. The van der Waals surface area contributed by atoms with E-state index in [1.807, 2.05) is 24.0 Å². The molecule has 30 heavy (non-hydrogen) atoms. The van der Waals surface area contributed by atoms with Crippen molar-refractivity contribution in [3.63, 3.8) is 0 Å². The van der Waals surface area contributed by atoms with E-state index in [1.165, 1.54) is 6.07 Å². The maximum Gasteiger partial charge on any atom is 0.311 e. The van der Waals surface area contributed by atoms with Crippen LogP contribution in [-0.2, 0) is 4.84 Å². The van der Waals surface area contributed by atoms with Gasteiger partial charge in [0.05, 0.1) is 16.6 Å². The van der Waals surface area contributed by atoms with Crippen LogP contribution in [0, 0.1) is 40.2 Å². The molecule has 1 aromatic heterocycles. The van der Waals surface area contributed by atoms with Gasteiger partial charge < -0.3 is 4.90 Å². The summed E-state index contributed by atoms with van der Waals surface area (Å²) in [5, 5.41) is 20.3. The van der Waals surface area contributed by atoms with Gasteiger partial charge >= 0.3 is 5.69 Å². The summed E-state index contributed by atoms with van der Waals surface area (Å²) in [6.45, 7) is 2.99. The van der Waals surface area contributed by atoms with Gasteiger partial charge in [-0.15, -0.1) is 0 Å². The summed E-state index contributed by atoms with van der Waals surface area (Å²) in [7, 11) is 0. The number of aromatic nitrogens is 1. The Morgan fingerprint density at radius 3 is 2.73 bits per heavy atom. The van der Waals surface area contributed by atoms with Crippen molar-refractivity contribution in [2.45, 2.75) is 25.4 Å². The Bertz CT molecular complexity index is 1130. The van der Waals surface area contributed by atoms with Crippen LogP contribution in [0.5, 0.6) is 0 Å². The second-order valence-electron chi connectivity index (χ2n) is 7.31. The summed E-state index contributed by atoms with van der Waals surface area (Å²) in [4.78, 5) is 23.1. The quantitative estimate of drug-likeness (QED) is 0.469. The number of pyridine rings is 1. The predicted molar refractivity (Wildman–Crippen MR) is 110 cm³/mol. The minimum Gasteiger partial charge on any atom is -0.351 e. The van der Waals surface area contributed by atoms with Crippen LogP contribution < -0.4 is 10.4 Å². The van der Waals surface area contributed by atoms with E-state index >= 15 is 0 Å². The molecule has 8 heteroatoms. The molecule has 2 aromatic rings. The Labute approximate surface area is 173 Å². The average Bonchev–Trinajstić information content (AvgIpc) is 3.15. The van der Waals surface area contributed by atoms with Crippen LogP contribution in [0.15, 0.2) is 48.2 Å². The average molecular weight is 401 g/mol. The number of allylic oxidation sites excluding steroid dienone is 1. The molecule has 2 aliphatic heterocycles. The van der Waals surface area contributed by atoms with Gasteiger partial charge in [0, 0.05) is 43.3 Å². The molecule has 1 N–H and O–H groups in total. The fourth-order valence-electron chi connectivity index (χ4n) is 3.60. The molecule has 1 fully saturated rings. The van der Waals surface area contributed by atoms with Gasteiger partial charge in [0.1, 0.15) is 11.3 Å². The Morgan fingerprint density at radius 1 is 1.23 bits per heavy atom. The fourth-order valence-corrected chi connectivity index (χ4v) is 3.60. The van der Waals surface area contributed by atoms with Gasteiger partial charge in [-0.3, -0.25) is 20.4 Å². The van der Waals surface area contributed by atoms with Crippen molar-refractivity contribution < 1.29 is 9.76 Å². The molecule has 0 atom stereocenters. The monoisotopic (exact) mass is 401 g/mol. The van der Waals surface area contributed by atoms with Gasteiger partial charge in [0.2, 0.25) is 5.82 Å². The van der Waals surface area contributed by atoms with E-state index in [4.69, 9.17) is 10.1 Å². The number of rotatable bonds is 2. The lowest BCUT2D eigenvalue weighted by molar-refractivity contribution is -0.384. The number of anilines is 1. The third kappa shape index (κ3) is 3.95. The number of hydroxylamine groups is 1. The van der Waals surface area contributed by atoms with Crippen molar-refractivity contribution in [1.29, 1.82) is 5.26 Å². The summed E-state index contributed by atoms with van der Waals surface area (Å²) in [5.74, 6) is 6.49. The number of nitrogens with one attached hydrogen (secondary N) is 1. The first-order valence-corrected chi connectivity index (χ1v) is 9.54. The SMILES string of the molecule is Cc1ccc([N+](=O)[O-])c(N2CCC3(C=C(C#Cc4cccc(C#N)c4)NO3)CC2)n1. The van der Waals surface area contributed by atoms with E-state index in [2.05, 4.69) is 28.4 Å². The molecular formula is C22H19N5O3. The minimum absolute atomic E-state index is 0.0173. The number of nitriles is 1. The lowest BCUT2D eigenvalue weighted by atomic mass is 9.91. The van der Waals surface area contributed by atoms with E-state index in [9.17, 15) is 10.1 Å². The lowest BCUT2D eigenvalue weighted by Gasteiger charge is -2.36. The molecule has 2 aliphatic rings. The van der Waals surface area contributed by atoms with Gasteiger partial charge in [0.15, 0.2) is 0 Å². The van der Waals surface area contributed by atoms with Crippen LogP contribution >= 0.6 is 0 Å². The van der Waals surface area contributed by atoms with Crippen LogP contribution in [0.1, 0.15) is 29.7 Å². The van der Waals surface area contributed by atoms with E-state index in [-0.39, 0.29) is 5.69 Å². The maximum absolute atomic E-state index is 11.4. The van der Waals surface area contributed by atoms with E-state index < -0.39 is 10.5 Å². The van der Waals surface area contributed by atoms with Crippen LogP contribution in [0.3, 0.4) is 0 Å². The Hall–Kier alpha value is -3.88. The molecule has 0 bridgehead atoms. The number of benzene rings is 1. The number of hydrogen-bond donors (Lipinski definition) is 1. The molecule has 0 unspecified atom stereocenters. The van der Waals surface area contributed by atoms with Crippen molar-refractivity contribution in [3.05, 3.63) is 75.1 Å². The smallest absolute Gasteiger partial charge is 0.311 e. The Balaban J connectivity index is 1.48. The van der Waals surface area contributed by atoms with Crippen LogP contribution in [0.4, 0.5) is 11.5 Å². The van der Waals surface area contributed by atoms with Crippen LogP contribution in [-0.4, -0.2) is 28.6 Å². The first-order chi connectivity index (χ1) is 14.5. The second-order valence-corrected chi connectivity index (χ2v) is 7.31. The highest BCUT2D eigenvalue weighted by molar-refractivity contribution is 5.58. The molecule has 3 heterocycles. The van der Waals surface area contributed by atoms with E-state index in [0.29, 0.717) is 43.0 Å². The van der Waals surface area contributed by atoms with Crippen LogP contribution in [0.2, 0.25) is 0 Å². The zero-order chi connectivity index (χ0) is 21.1. The van der Waals surface area contributed by atoms with Crippen molar-refractivity contribution in [3.8, 4) is 17.9 Å². The largest absolute Gasteiger partial charge is 0.351 e.